The van der Waals surface area contributed by atoms with Crippen LogP contribution in [0.1, 0.15) is 30.1 Å². The number of carbonyl (C=O) groups excluding carboxylic acids is 1. The molecule has 1 aliphatic rings. The van der Waals surface area contributed by atoms with Gasteiger partial charge in [-0.15, -0.1) is 0 Å². The van der Waals surface area contributed by atoms with Gasteiger partial charge in [0.1, 0.15) is 11.1 Å². The predicted octanol–water partition coefficient (Wildman–Crippen LogP) is 2.60. The van der Waals surface area contributed by atoms with E-state index in [1.807, 2.05) is 18.2 Å². The van der Waals surface area contributed by atoms with Crippen molar-refractivity contribution < 1.29 is 9.21 Å². The normalized spacial score (nSPS) is 15.1. The van der Waals surface area contributed by atoms with E-state index < -0.39 is 5.63 Å². The molecule has 0 radical (unpaired) electrons. The van der Waals surface area contributed by atoms with Gasteiger partial charge in [0.2, 0.25) is 0 Å². The Morgan fingerprint density at radius 1 is 1.21 bits per heavy atom. The summed E-state index contributed by atoms with van der Waals surface area (Å²) in [6.45, 7) is 3.46. The van der Waals surface area contributed by atoms with Crippen LogP contribution in [0.25, 0.3) is 11.0 Å². The van der Waals surface area contributed by atoms with Gasteiger partial charge in [0.05, 0.1) is 0 Å². The summed E-state index contributed by atoms with van der Waals surface area (Å²) in [5.41, 5.74) is 1.17. The van der Waals surface area contributed by atoms with Crippen LogP contribution in [0.2, 0.25) is 0 Å². The highest BCUT2D eigenvalue weighted by molar-refractivity contribution is 5.96. The first-order valence-corrected chi connectivity index (χ1v) is 6.49. The Morgan fingerprint density at radius 3 is 2.63 bits per heavy atom. The number of benzene rings is 1. The topological polar surface area (TPSA) is 50.5 Å². The van der Waals surface area contributed by atoms with E-state index in [9.17, 15) is 9.59 Å². The van der Waals surface area contributed by atoms with E-state index in [-0.39, 0.29) is 11.3 Å². The van der Waals surface area contributed by atoms with Gasteiger partial charge in [0.25, 0.3) is 0 Å². The zero-order valence-electron chi connectivity index (χ0n) is 10.8. The molecule has 3 rings (SSSR count). The van der Waals surface area contributed by atoms with Gasteiger partial charge in [-0.3, -0.25) is 4.79 Å². The lowest BCUT2D eigenvalue weighted by Gasteiger charge is -2.17. The molecule has 1 aromatic carbocycles. The largest absolute Gasteiger partial charge is 0.422 e. The lowest BCUT2D eigenvalue weighted by molar-refractivity contribution is 0.101. The minimum atomic E-state index is -0.557. The Kier molecular flexibility index (Phi) is 2.85. The maximum Gasteiger partial charge on any atom is 0.347 e. The van der Waals surface area contributed by atoms with Gasteiger partial charge in [-0.25, -0.2) is 4.79 Å². The molecule has 4 heteroatoms. The first-order chi connectivity index (χ1) is 9.15. The third-order valence-corrected chi connectivity index (χ3v) is 3.57. The summed E-state index contributed by atoms with van der Waals surface area (Å²) in [5.74, 6) is -0.265. The van der Waals surface area contributed by atoms with Crippen LogP contribution in [-0.2, 0) is 0 Å². The summed E-state index contributed by atoms with van der Waals surface area (Å²) in [5, 5.41) is 0.785. The highest BCUT2D eigenvalue weighted by Gasteiger charge is 2.14. The van der Waals surface area contributed by atoms with Crippen molar-refractivity contribution >= 4 is 22.4 Å². The van der Waals surface area contributed by atoms with E-state index in [1.165, 1.54) is 19.8 Å². The molecule has 4 nitrogen and oxygen atoms in total. The third-order valence-electron chi connectivity index (χ3n) is 3.57. The summed E-state index contributed by atoms with van der Waals surface area (Å²) in [6, 6.07) is 7.40. The fourth-order valence-corrected chi connectivity index (χ4v) is 2.52. The molecule has 0 unspecified atom stereocenters. The Hall–Kier alpha value is -2.10. The Bertz CT molecular complexity index is 696. The molecule has 2 heterocycles. The molecule has 0 aliphatic carbocycles. The van der Waals surface area contributed by atoms with Gasteiger partial charge in [-0.2, -0.15) is 0 Å². The van der Waals surface area contributed by atoms with Crippen molar-refractivity contribution in [1.82, 2.24) is 0 Å². The van der Waals surface area contributed by atoms with Crippen LogP contribution in [0, 0.1) is 0 Å². The molecule has 1 fully saturated rings. The van der Waals surface area contributed by atoms with Crippen LogP contribution in [0.4, 0.5) is 5.69 Å². The highest BCUT2D eigenvalue weighted by atomic mass is 16.4. The molecule has 98 valence electrons. The number of ketones is 1. The molecule has 2 aromatic rings. The average molecular weight is 257 g/mol. The minimum absolute atomic E-state index is 0.112. The van der Waals surface area contributed by atoms with Crippen LogP contribution in [0.15, 0.2) is 33.5 Å². The summed E-state index contributed by atoms with van der Waals surface area (Å²) >= 11 is 0. The molecule has 0 spiro atoms. The second-order valence-electron chi connectivity index (χ2n) is 4.92. The molecule has 0 bridgehead atoms. The standard InChI is InChI=1S/C15H15NO3/c1-10(17)13-8-11-4-5-12(16-6-2-3-7-16)9-14(11)19-15(13)18/h4-5,8-9H,2-3,6-7H2,1H3. The van der Waals surface area contributed by atoms with Crippen LogP contribution < -0.4 is 10.5 Å². The predicted molar refractivity (Wildman–Crippen MR) is 73.9 cm³/mol. The van der Waals surface area contributed by atoms with Crippen molar-refractivity contribution in [3.63, 3.8) is 0 Å². The molecular formula is C15H15NO3. The van der Waals surface area contributed by atoms with Gasteiger partial charge >= 0.3 is 5.63 Å². The summed E-state index contributed by atoms with van der Waals surface area (Å²) < 4.78 is 5.25. The Labute approximate surface area is 110 Å². The van der Waals surface area contributed by atoms with Crippen LogP contribution >= 0.6 is 0 Å². The van der Waals surface area contributed by atoms with E-state index in [0.717, 1.165) is 24.2 Å². The molecule has 0 amide bonds. The van der Waals surface area contributed by atoms with Gasteiger partial charge in [0, 0.05) is 30.2 Å². The van der Waals surface area contributed by atoms with Gasteiger partial charge in [-0.05, 0) is 38.0 Å². The molecule has 0 N–H and O–H groups in total. The number of fused-ring (bicyclic) bond motifs is 1. The smallest absolute Gasteiger partial charge is 0.347 e. The fourth-order valence-electron chi connectivity index (χ4n) is 2.52. The van der Waals surface area contributed by atoms with Gasteiger partial charge in [-0.1, -0.05) is 0 Å². The number of anilines is 1. The molecule has 19 heavy (non-hydrogen) atoms. The van der Waals surface area contributed by atoms with Crippen molar-refractivity contribution in [3.05, 3.63) is 40.2 Å². The minimum Gasteiger partial charge on any atom is -0.422 e. The van der Waals surface area contributed by atoms with Crippen molar-refractivity contribution in [2.75, 3.05) is 18.0 Å². The number of carbonyl (C=O) groups is 1. The van der Waals surface area contributed by atoms with Crippen molar-refractivity contribution in [3.8, 4) is 0 Å². The van der Waals surface area contributed by atoms with Crippen LogP contribution in [0.5, 0.6) is 0 Å². The summed E-state index contributed by atoms with van der Waals surface area (Å²) in [4.78, 5) is 25.3. The van der Waals surface area contributed by atoms with Crippen molar-refractivity contribution in [2.24, 2.45) is 0 Å². The average Bonchev–Trinajstić information content (AvgIpc) is 2.90. The molecule has 1 aliphatic heterocycles. The highest BCUT2D eigenvalue weighted by Crippen LogP contribution is 2.24. The quantitative estimate of drug-likeness (QED) is 0.613. The third kappa shape index (κ3) is 2.14. The maximum atomic E-state index is 11.7. The van der Waals surface area contributed by atoms with Crippen LogP contribution in [-0.4, -0.2) is 18.9 Å². The van der Waals surface area contributed by atoms with E-state index in [1.54, 1.807) is 6.07 Å². The van der Waals surface area contributed by atoms with Gasteiger partial charge in [0.15, 0.2) is 5.78 Å². The molecular weight excluding hydrogens is 242 g/mol. The van der Waals surface area contributed by atoms with E-state index in [0.29, 0.717) is 5.58 Å². The zero-order valence-corrected chi connectivity index (χ0v) is 10.8. The van der Waals surface area contributed by atoms with E-state index in [2.05, 4.69) is 4.90 Å². The van der Waals surface area contributed by atoms with Crippen LogP contribution in [0.3, 0.4) is 0 Å². The molecule has 1 saturated heterocycles. The molecule has 1 aromatic heterocycles. The van der Waals surface area contributed by atoms with Crippen molar-refractivity contribution in [2.45, 2.75) is 19.8 Å². The molecule has 0 saturated carbocycles. The van der Waals surface area contributed by atoms with Crippen molar-refractivity contribution in [1.29, 1.82) is 0 Å². The SMILES string of the molecule is CC(=O)c1cc2ccc(N3CCCC3)cc2oc1=O. The number of nitrogens with zero attached hydrogens (tertiary/aromatic N) is 1. The Morgan fingerprint density at radius 2 is 1.95 bits per heavy atom. The first-order valence-electron chi connectivity index (χ1n) is 6.49. The number of hydrogen-bond acceptors (Lipinski definition) is 4. The summed E-state index contributed by atoms with van der Waals surface area (Å²) in [7, 11) is 0. The summed E-state index contributed by atoms with van der Waals surface area (Å²) in [6.07, 6.45) is 2.40. The fraction of sp³-hybridized carbons (Fsp3) is 0.333. The first kappa shape index (κ1) is 12.0. The second kappa shape index (κ2) is 4.53. The zero-order chi connectivity index (χ0) is 13.4. The number of rotatable bonds is 2. The number of hydrogen-bond donors (Lipinski definition) is 0. The maximum absolute atomic E-state index is 11.7. The molecule has 0 atom stereocenters. The van der Waals surface area contributed by atoms with E-state index >= 15 is 0 Å². The van der Waals surface area contributed by atoms with Gasteiger partial charge < -0.3 is 9.32 Å². The second-order valence-corrected chi connectivity index (χ2v) is 4.92. The number of Topliss-reactive ketones (excluding diaryl/α,β-unsaturated/α-hetero) is 1. The Balaban J connectivity index is 2.11. The monoisotopic (exact) mass is 257 g/mol. The van der Waals surface area contributed by atoms with E-state index in [4.69, 9.17) is 4.42 Å². The lowest BCUT2D eigenvalue weighted by Crippen LogP contribution is -2.17. The lowest BCUT2D eigenvalue weighted by atomic mass is 10.1.